The number of carbonyl (C=O) groups excluding carboxylic acids is 1. The van der Waals surface area contributed by atoms with Crippen LogP contribution in [0.1, 0.15) is 21.6 Å². The van der Waals surface area contributed by atoms with Crippen molar-refractivity contribution in [3.8, 4) is 11.3 Å². The molecule has 0 aliphatic rings. The molecule has 2 aromatic rings. The van der Waals surface area contributed by atoms with Crippen molar-refractivity contribution in [2.75, 3.05) is 6.61 Å². The predicted molar refractivity (Wildman–Crippen MR) is 68.2 cm³/mol. The second kappa shape index (κ2) is 5.10. The maximum atomic E-state index is 11.8. The Balaban J connectivity index is 2.44. The van der Waals surface area contributed by atoms with Crippen molar-refractivity contribution in [1.29, 1.82) is 0 Å². The van der Waals surface area contributed by atoms with E-state index in [1.165, 1.54) is 11.3 Å². The Kier molecular flexibility index (Phi) is 3.54. The average Bonchev–Trinajstić information content (AvgIpc) is 2.73. The summed E-state index contributed by atoms with van der Waals surface area (Å²) in [7, 11) is 0. The van der Waals surface area contributed by atoms with Crippen LogP contribution in [0.3, 0.4) is 0 Å². The highest BCUT2D eigenvalue weighted by atomic mass is 32.1. The quantitative estimate of drug-likeness (QED) is 0.781. The number of carbonyl (C=O) groups is 1. The SMILES string of the molecule is CCOC(=O)c1sc(C)nc1-c1ccccc1. The second-order valence-electron chi connectivity index (χ2n) is 3.50. The minimum atomic E-state index is -0.294. The number of esters is 1. The fourth-order valence-electron chi connectivity index (χ4n) is 1.55. The Bertz CT molecular complexity index is 519. The van der Waals surface area contributed by atoms with Gasteiger partial charge in [-0.15, -0.1) is 11.3 Å². The van der Waals surface area contributed by atoms with Crippen LogP contribution in [-0.4, -0.2) is 17.6 Å². The lowest BCUT2D eigenvalue weighted by Gasteiger charge is -2.01. The third kappa shape index (κ3) is 2.53. The highest BCUT2D eigenvalue weighted by Crippen LogP contribution is 2.28. The summed E-state index contributed by atoms with van der Waals surface area (Å²) in [5.74, 6) is -0.294. The third-order valence-electron chi connectivity index (χ3n) is 2.24. The molecular weight excluding hydrogens is 234 g/mol. The minimum Gasteiger partial charge on any atom is -0.462 e. The van der Waals surface area contributed by atoms with E-state index in [0.717, 1.165) is 10.6 Å². The number of hydrogen-bond donors (Lipinski definition) is 0. The highest BCUT2D eigenvalue weighted by Gasteiger charge is 2.18. The lowest BCUT2D eigenvalue weighted by molar-refractivity contribution is 0.0532. The molecule has 4 heteroatoms. The zero-order valence-corrected chi connectivity index (χ0v) is 10.6. The van der Waals surface area contributed by atoms with Crippen molar-refractivity contribution in [1.82, 2.24) is 4.98 Å². The molecule has 0 spiro atoms. The highest BCUT2D eigenvalue weighted by molar-refractivity contribution is 7.14. The first-order valence-electron chi connectivity index (χ1n) is 5.42. The van der Waals surface area contributed by atoms with Crippen LogP contribution in [0.2, 0.25) is 0 Å². The lowest BCUT2D eigenvalue weighted by Crippen LogP contribution is -2.03. The van der Waals surface area contributed by atoms with Crippen molar-refractivity contribution in [3.63, 3.8) is 0 Å². The fraction of sp³-hybridized carbons (Fsp3) is 0.231. The van der Waals surface area contributed by atoms with E-state index in [9.17, 15) is 4.79 Å². The van der Waals surface area contributed by atoms with Crippen LogP contribution in [0, 0.1) is 6.92 Å². The van der Waals surface area contributed by atoms with Gasteiger partial charge in [-0.3, -0.25) is 0 Å². The smallest absolute Gasteiger partial charge is 0.350 e. The molecule has 2 rings (SSSR count). The summed E-state index contributed by atoms with van der Waals surface area (Å²) in [5, 5.41) is 0.868. The summed E-state index contributed by atoms with van der Waals surface area (Å²) in [5.41, 5.74) is 1.66. The van der Waals surface area contributed by atoms with Crippen molar-refractivity contribution >= 4 is 17.3 Å². The van der Waals surface area contributed by atoms with Gasteiger partial charge in [0, 0.05) is 5.56 Å². The van der Waals surface area contributed by atoms with Gasteiger partial charge in [-0.05, 0) is 13.8 Å². The van der Waals surface area contributed by atoms with Gasteiger partial charge in [0.05, 0.1) is 17.3 Å². The molecule has 0 fully saturated rings. The van der Waals surface area contributed by atoms with E-state index in [1.807, 2.05) is 37.3 Å². The monoisotopic (exact) mass is 247 g/mol. The van der Waals surface area contributed by atoms with Gasteiger partial charge in [-0.2, -0.15) is 0 Å². The van der Waals surface area contributed by atoms with Crippen LogP contribution in [-0.2, 0) is 4.74 Å². The normalized spacial score (nSPS) is 10.2. The average molecular weight is 247 g/mol. The Morgan fingerprint density at radius 2 is 2.06 bits per heavy atom. The number of nitrogens with zero attached hydrogens (tertiary/aromatic N) is 1. The Morgan fingerprint density at radius 3 is 2.71 bits per heavy atom. The Labute approximate surface area is 104 Å². The number of hydrogen-bond acceptors (Lipinski definition) is 4. The molecule has 17 heavy (non-hydrogen) atoms. The van der Waals surface area contributed by atoms with Gasteiger partial charge in [-0.1, -0.05) is 30.3 Å². The van der Waals surface area contributed by atoms with E-state index in [0.29, 0.717) is 17.2 Å². The van der Waals surface area contributed by atoms with E-state index < -0.39 is 0 Å². The van der Waals surface area contributed by atoms with Crippen molar-refractivity contribution in [2.45, 2.75) is 13.8 Å². The molecule has 0 amide bonds. The molecule has 3 nitrogen and oxygen atoms in total. The summed E-state index contributed by atoms with van der Waals surface area (Å²) in [6, 6.07) is 9.68. The van der Waals surface area contributed by atoms with Gasteiger partial charge in [0.15, 0.2) is 0 Å². The van der Waals surface area contributed by atoms with Gasteiger partial charge < -0.3 is 4.74 Å². The molecular formula is C13H13NO2S. The van der Waals surface area contributed by atoms with E-state index in [1.54, 1.807) is 6.92 Å². The number of benzene rings is 1. The first kappa shape index (κ1) is 11.8. The second-order valence-corrected chi connectivity index (χ2v) is 4.70. The van der Waals surface area contributed by atoms with Crippen LogP contribution in [0.15, 0.2) is 30.3 Å². The zero-order valence-electron chi connectivity index (χ0n) is 9.77. The number of thiazole rings is 1. The molecule has 1 aromatic heterocycles. The van der Waals surface area contributed by atoms with Crippen LogP contribution in [0.25, 0.3) is 11.3 Å². The van der Waals surface area contributed by atoms with Crippen molar-refractivity contribution < 1.29 is 9.53 Å². The Hall–Kier alpha value is -1.68. The third-order valence-corrected chi connectivity index (χ3v) is 3.19. The first-order chi connectivity index (χ1) is 8.22. The molecule has 0 unspecified atom stereocenters. The molecule has 0 N–H and O–H groups in total. The van der Waals surface area contributed by atoms with Crippen LogP contribution >= 0.6 is 11.3 Å². The van der Waals surface area contributed by atoms with E-state index in [-0.39, 0.29) is 5.97 Å². The van der Waals surface area contributed by atoms with Gasteiger partial charge in [0.2, 0.25) is 0 Å². The molecule has 0 aliphatic carbocycles. The van der Waals surface area contributed by atoms with E-state index in [2.05, 4.69) is 4.98 Å². The molecule has 0 aliphatic heterocycles. The first-order valence-corrected chi connectivity index (χ1v) is 6.24. The van der Waals surface area contributed by atoms with Gasteiger partial charge in [0.25, 0.3) is 0 Å². The molecule has 1 aromatic carbocycles. The van der Waals surface area contributed by atoms with E-state index >= 15 is 0 Å². The Morgan fingerprint density at radius 1 is 1.35 bits per heavy atom. The molecule has 0 saturated carbocycles. The molecule has 0 saturated heterocycles. The standard InChI is InChI=1S/C13H13NO2S/c1-3-16-13(15)12-11(14-9(2)17-12)10-7-5-4-6-8-10/h4-8H,3H2,1-2H3. The number of aromatic nitrogens is 1. The molecule has 1 heterocycles. The van der Waals surface area contributed by atoms with Crippen molar-refractivity contribution in [2.24, 2.45) is 0 Å². The maximum absolute atomic E-state index is 11.8. The number of ether oxygens (including phenoxy) is 1. The summed E-state index contributed by atoms with van der Waals surface area (Å²) in [6.45, 7) is 4.07. The summed E-state index contributed by atoms with van der Waals surface area (Å²) in [4.78, 5) is 16.8. The van der Waals surface area contributed by atoms with Crippen LogP contribution in [0.4, 0.5) is 0 Å². The minimum absolute atomic E-state index is 0.294. The van der Waals surface area contributed by atoms with E-state index in [4.69, 9.17) is 4.74 Å². The number of rotatable bonds is 3. The maximum Gasteiger partial charge on any atom is 0.350 e. The summed E-state index contributed by atoms with van der Waals surface area (Å²) in [6.07, 6.45) is 0. The topological polar surface area (TPSA) is 39.2 Å². The lowest BCUT2D eigenvalue weighted by atomic mass is 10.1. The zero-order chi connectivity index (χ0) is 12.3. The van der Waals surface area contributed by atoms with Crippen molar-refractivity contribution in [3.05, 3.63) is 40.2 Å². The fourth-order valence-corrected chi connectivity index (χ4v) is 2.39. The van der Waals surface area contributed by atoms with Crippen LogP contribution in [0.5, 0.6) is 0 Å². The molecule has 88 valence electrons. The largest absolute Gasteiger partial charge is 0.462 e. The van der Waals surface area contributed by atoms with Gasteiger partial charge in [-0.25, -0.2) is 9.78 Å². The van der Waals surface area contributed by atoms with Gasteiger partial charge >= 0.3 is 5.97 Å². The summed E-state index contributed by atoms with van der Waals surface area (Å²) < 4.78 is 5.03. The van der Waals surface area contributed by atoms with Gasteiger partial charge in [0.1, 0.15) is 4.88 Å². The summed E-state index contributed by atoms with van der Waals surface area (Å²) >= 11 is 1.37. The number of aryl methyl sites for hydroxylation is 1. The van der Waals surface area contributed by atoms with Crippen LogP contribution < -0.4 is 0 Å². The predicted octanol–water partition coefficient (Wildman–Crippen LogP) is 3.30. The molecule has 0 bridgehead atoms. The molecule has 0 radical (unpaired) electrons. The molecule has 0 atom stereocenters.